The van der Waals surface area contributed by atoms with E-state index in [-0.39, 0.29) is 12.3 Å². The Kier molecular flexibility index (Phi) is 8.52. The molecular formula is C11H21NO4. The summed E-state index contributed by atoms with van der Waals surface area (Å²) in [5.41, 5.74) is 0. The van der Waals surface area contributed by atoms with Crippen LogP contribution in [0.4, 0.5) is 0 Å². The molecule has 1 N–H and O–H groups in total. The average Bonchev–Trinajstić information content (AvgIpc) is 2.25. The van der Waals surface area contributed by atoms with E-state index in [0.29, 0.717) is 39.1 Å². The van der Waals surface area contributed by atoms with Gasteiger partial charge < -0.3 is 14.7 Å². The van der Waals surface area contributed by atoms with Crippen LogP contribution in [0, 0.1) is 0 Å². The summed E-state index contributed by atoms with van der Waals surface area (Å²) in [4.78, 5) is 23.6. The van der Waals surface area contributed by atoms with Gasteiger partial charge in [0.2, 0.25) is 5.91 Å². The maximum atomic E-state index is 11.6. The predicted molar refractivity (Wildman–Crippen MR) is 60.2 cm³/mol. The second-order valence-electron chi connectivity index (χ2n) is 3.42. The Morgan fingerprint density at radius 1 is 1.25 bits per heavy atom. The lowest BCUT2D eigenvalue weighted by atomic mass is 10.2. The first kappa shape index (κ1) is 14.9. The lowest BCUT2D eigenvalue weighted by molar-refractivity contribution is -0.138. The van der Waals surface area contributed by atoms with Crippen molar-refractivity contribution in [2.75, 3.05) is 26.3 Å². The van der Waals surface area contributed by atoms with Gasteiger partial charge in [0.25, 0.3) is 0 Å². The Hall–Kier alpha value is -1.10. The lowest BCUT2D eigenvalue weighted by Crippen LogP contribution is -2.32. The fourth-order valence-electron chi connectivity index (χ4n) is 1.32. The van der Waals surface area contributed by atoms with Crippen molar-refractivity contribution in [1.82, 2.24) is 4.90 Å². The molecule has 0 heterocycles. The topological polar surface area (TPSA) is 66.8 Å². The molecule has 0 aliphatic rings. The summed E-state index contributed by atoms with van der Waals surface area (Å²) in [5, 5.41) is 8.53. The molecule has 0 rings (SSSR count). The average molecular weight is 231 g/mol. The van der Waals surface area contributed by atoms with E-state index in [0.717, 1.165) is 0 Å². The number of carboxylic acids is 1. The Labute approximate surface area is 96.4 Å². The van der Waals surface area contributed by atoms with Gasteiger partial charge >= 0.3 is 5.97 Å². The van der Waals surface area contributed by atoms with Crippen molar-refractivity contribution in [2.24, 2.45) is 0 Å². The van der Waals surface area contributed by atoms with Gasteiger partial charge in [-0.3, -0.25) is 9.59 Å². The highest BCUT2D eigenvalue weighted by Gasteiger charge is 2.12. The number of amides is 1. The third kappa shape index (κ3) is 7.23. The molecule has 0 aromatic rings. The van der Waals surface area contributed by atoms with Crippen molar-refractivity contribution in [1.29, 1.82) is 0 Å². The molecule has 16 heavy (non-hydrogen) atoms. The zero-order chi connectivity index (χ0) is 12.4. The van der Waals surface area contributed by atoms with Crippen LogP contribution in [-0.2, 0) is 14.3 Å². The maximum absolute atomic E-state index is 11.6. The summed E-state index contributed by atoms with van der Waals surface area (Å²) in [6.45, 7) is 5.85. The summed E-state index contributed by atoms with van der Waals surface area (Å²) in [6, 6.07) is 0. The molecule has 0 spiro atoms. The molecule has 0 bridgehead atoms. The zero-order valence-corrected chi connectivity index (χ0v) is 10.1. The number of hydrogen-bond acceptors (Lipinski definition) is 3. The molecule has 0 unspecified atom stereocenters. The number of nitrogens with zero attached hydrogens (tertiary/aromatic N) is 1. The Morgan fingerprint density at radius 3 is 2.44 bits per heavy atom. The van der Waals surface area contributed by atoms with Gasteiger partial charge in [-0.15, -0.1) is 0 Å². The number of ether oxygens (including phenoxy) is 1. The second-order valence-corrected chi connectivity index (χ2v) is 3.42. The molecule has 0 aliphatic heterocycles. The van der Waals surface area contributed by atoms with Crippen LogP contribution in [0.3, 0.4) is 0 Å². The van der Waals surface area contributed by atoms with E-state index >= 15 is 0 Å². The summed E-state index contributed by atoms with van der Waals surface area (Å²) in [6.07, 6.45) is 1.12. The van der Waals surface area contributed by atoms with E-state index in [2.05, 4.69) is 0 Å². The standard InChI is InChI=1S/C11H21NO4/c1-3-12(8-7-11(14)15)10(13)6-5-9-16-4-2/h3-9H2,1-2H3,(H,14,15). The molecule has 0 fully saturated rings. The molecule has 5 nitrogen and oxygen atoms in total. The van der Waals surface area contributed by atoms with Gasteiger partial charge in [-0.25, -0.2) is 0 Å². The molecule has 0 radical (unpaired) electrons. The van der Waals surface area contributed by atoms with Gasteiger partial charge in [0.1, 0.15) is 0 Å². The minimum atomic E-state index is -0.874. The number of aliphatic carboxylic acids is 1. The second kappa shape index (κ2) is 9.15. The van der Waals surface area contributed by atoms with Gasteiger partial charge in [-0.2, -0.15) is 0 Å². The first-order valence-electron chi connectivity index (χ1n) is 5.69. The highest BCUT2D eigenvalue weighted by atomic mass is 16.5. The van der Waals surface area contributed by atoms with Crippen molar-refractivity contribution >= 4 is 11.9 Å². The smallest absolute Gasteiger partial charge is 0.305 e. The minimum absolute atomic E-state index is 0.00320. The highest BCUT2D eigenvalue weighted by molar-refractivity contribution is 5.77. The number of hydrogen-bond donors (Lipinski definition) is 1. The summed E-state index contributed by atoms with van der Waals surface area (Å²) in [5.74, 6) is -0.871. The fraction of sp³-hybridized carbons (Fsp3) is 0.818. The van der Waals surface area contributed by atoms with Gasteiger partial charge in [0.05, 0.1) is 6.42 Å². The third-order valence-electron chi connectivity index (χ3n) is 2.21. The fourth-order valence-corrected chi connectivity index (χ4v) is 1.32. The molecule has 0 aliphatic carbocycles. The van der Waals surface area contributed by atoms with Crippen molar-refractivity contribution in [3.05, 3.63) is 0 Å². The molecule has 94 valence electrons. The largest absolute Gasteiger partial charge is 0.481 e. The van der Waals surface area contributed by atoms with E-state index in [1.807, 2.05) is 13.8 Å². The molecule has 0 atom stereocenters. The monoisotopic (exact) mass is 231 g/mol. The van der Waals surface area contributed by atoms with Crippen LogP contribution in [0.15, 0.2) is 0 Å². The van der Waals surface area contributed by atoms with Crippen molar-refractivity contribution in [3.8, 4) is 0 Å². The van der Waals surface area contributed by atoms with Crippen LogP contribution in [0.5, 0.6) is 0 Å². The quantitative estimate of drug-likeness (QED) is 0.604. The number of rotatable bonds is 9. The maximum Gasteiger partial charge on any atom is 0.305 e. The number of carbonyl (C=O) groups is 2. The minimum Gasteiger partial charge on any atom is -0.481 e. The third-order valence-corrected chi connectivity index (χ3v) is 2.21. The molecule has 0 aromatic heterocycles. The first-order valence-corrected chi connectivity index (χ1v) is 5.69. The van der Waals surface area contributed by atoms with Gasteiger partial charge in [-0.1, -0.05) is 0 Å². The van der Waals surface area contributed by atoms with Gasteiger partial charge in [0, 0.05) is 32.7 Å². The normalized spacial score (nSPS) is 10.1. The SMILES string of the molecule is CCOCCCC(=O)N(CC)CCC(=O)O. The van der Waals surface area contributed by atoms with Crippen LogP contribution >= 0.6 is 0 Å². The van der Waals surface area contributed by atoms with E-state index < -0.39 is 5.97 Å². The van der Waals surface area contributed by atoms with Crippen LogP contribution in [-0.4, -0.2) is 48.2 Å². The zero-order valence-electron chi connectivity index (χ0n) is 10.1. The van der Waals surface area contributed by atoms with Crippen molar-refractivity contribution < 1.29 is 19.4 Å². The lowest BCUT2D eigenvalue weighted by Gasteiger charge is -2.19. The molecular weight excluding hydrogens is 210 g/mol. The van der Waals surface area contributed by atoms with Crippen LogP contribution < -0.4 is 0 Å². The molecule has 5 heteroatoms. The Balaban J connectivity index is 3.77. The summed E-state index contributed by atoms with van der Waals surface area (Å²) in [7, 11) is 0. The van der Waals surface area contributed by atoms with Gasteiger partial charge in [-0.05, 0) is 20.3 Å². The van der Waals surface area contributed by atoms with E-state index in [1.165, 1.54) is 0 Å². The number of carbonyl (C=O) groups excluding carboxylic acids is 1. The van der Waals surface area contributed by atoms with Crippen molar-refractivity contribution in [2.45, 2.75) is 33.1 Å². The van der Waals surface area contributed by atoms with Crippen molar-refractivity contribution in [3.63, 3.8) is 0 Å². The van der Waals surface area contributed by atoms with E-state index in [4.69, 9.17) is 9.84 Å². The van der Waals surface area contributed by atoms with E-state index in [9.17, 15) is 9.59 Å². The van der Waals surface area contributed by atoms with E-state index in [1.54, 1.807) is 4.90 Å². The molecule has 0 aromatic carbocycles. The molecule has 1 amide bonds. The predicted octanol–water partition coefficient (Wildman–Crippen LogP) is 1.13. The van der Waals surface area contributed by atoms with Crippen LogP contribution in [0.2, 0.25) is 0 Å². The summed E-state index contributed by atoms with van der Waals surface area (Å²) < 4.78 is 5.13. The van der Waals surface area contributed by atoms with Crippen LogP contribution in [0.25, 0.3) is 0 Å². The Bertz CT molecular complexity index is 218. The molecule has 0 saturated carbocycles. The van der Waals surface area contributed by atoms with Gasteiger partial charge in [0.15, 0.2) is 0 Å². The highest BCUT2D eigenvalue weighted by Crippen LogP contribution is 2.00. The molecule has 0 saturated heterocycles. The number of carboxylic acid groups (broad SMARTS) is 1. The van der Waals surface area contributed by atoms with Crippen LogP contribution in [0.1, 0.15) is 33.1 Å². The first-order chi connectivity index (χ1) is 7.61. The summed E-state index contributed by atoms with van der Waals surface area (Å²) >= 11 is 0. The Morgan fingerprint density at radius 2 is 1.94 bits per heavy atom.